The van der Waals surface area contributed by atoms with Crippen LogP contribution in [0, 0.1) is 6.92 Å². The van der Waals surface area contributed by atoms with Gasteiger partial charge in [-0.3, -0.25) is 14.5 Å². The number of aromatic nitrogens is 1. The number of carbonyl (C=O) groups excluding carboxylic acids is 1. The summed E-state index contributed by atoms with van der Waals surface area (Å²) in [5.41, 5.74) is 3.41. The number of carbonyl (C=O) groups is 1. The number of nitrogens with one attached hydrogen (secondary N) is 1. The minimum Gasteiger partial charge on any atom is -0.497 e. The zero-order valence-corrected chi connectivity index (χ0v) is 16.8. The van der Waals surface area contributed by atoms with Crippen LogP contribution in [-0.4, -0.2) is 54.0 Å². The predicted molar refractivity (Wildman–Crippen MR) is 113 cm³/mol. The van der Waals surface area contributed by atoms with Gasteiger partial charge in [0.25, 0.3) is 11.5 Å². The Bertz CT molecular complexity index is 1080. The zero-order valence-electron chi connectivity index (χ0n) is 16.8. The summed E-state index contributed by atoms with van der Waals surface area (Å²) < 4.78 is 5.15. The first-order chi connectivity index (χ1) is 14.0. The zero-order chi connectivity index (χ0) is 20.4. The third-order valence-electron chi connectivity index (χ3n) is 5.47. The first-order valence-corrected chi connectivity index (χ1v) is 9.82. The van der Waals surface area contributed by atoms with E-state index in [1.165, 1.54) is 5.56 Å². The van der Waals surface area contributed by atoms with Gasteiger partial charge in [-0.25, -0.2) is 0 Å². The molecule has 1 amide bonds. The van der Waals surface area contributed by atoms with E-state index in [-0.39, 0.29) is 11.5 Å². The molecule has 0 spiro atoms. The molecule has 3 aromatic rings. The maximum atomic E-state index is 12.7. The van der Waals surface area contributed by atoms with Crippen molar-refractivity contribution in [1.29, 1.82) is 0 Å². The Morgan fingerprint density at radius 2 is 1.76 bits per heavy atom. The second kappa shape index (κ2) is 8.09. The van der Waals surface area contributed by atoms with Crippen molar-refractivity contribution in [3.63, 3.8) is 0 Å². The standard InChI is InChI=1S/C23H25N3O3/c1-16-3-8-21-18(13-16)14-19(22(27)24-21)15-25-9-11-26(12-10-25)23(28)17-4-6-20(29-2)7-5-17/h3-8,13-14H,9-12,15H2,1-2H3,(H,24,27). The molecule has 1 N–H and O–H groups in total. The SMILES string of the molecule is COc1ccc(C(=O)N2CCN(Cc3cc4cc(C)ccc4[nH]c3=O)CC2)cc1. The van der Waals surface area contributed by atoms with E-state index >= 15 is 0 Å². The van der Waals surface area contributed by atoms with Gasteiger partial charge in [0.15, 0.2) is 0 Å². The Balaban J connectivity index is 1.41. The number of pyridine rings is 1. The van der Waals surface area contributed by atoms with Crippen LogP contribution in [0.5, 0.6) is 5.75 Å². The van der Waals surface area contributed by atoms with Crippen molar-refractivity contribution < 1.29 is 9.53 Å². The summed E-state index contributed by atoms with van der Waals surface area (Å²) >= 11 is 0. The fraction of sp³-hybridized carbons (Fsp3) is 0.304. The molecule has 2 aromatic carbocycles. The van der Waals surface area contributed by atoms with Gasteiger partial charge in [-0.15, -0.1) is 0 Å². The molecule has 0 saturated carbocycles. The van der Waals surface area contributed by atoms with Gasteiger partial charge in [0.1, 0.15) is 5.75 Å². The number of hydrogen-bond donors (Lipinski definition) is 1. The van der Waals surface area contributed by atoms with Crippen LogP contribution in [0.25, 0.3) is 10.9 Å². The molecule has 29 heavy (non-hydrogen) atoms. The van der Waals surface area contributed by atoms with E-state index < -0.39 is 0 Å². The number of hydrogen-bond acceptors (Lipinski definition) is 4. The molecule has 0 bridgehead atoms. The molecule has 6 heteroatoms. The molecule has 1 aromatic heterocycles. The van der Waals surface area contributed by atoms with Crippen LogP contribution < -0.4 is 10.3 Å². The lowest BCUT2D eigenvalue weighted by molar-refractivity contribution is 0.0628. The number of methoxy groups -OCH3 is 1. The van der Waals surface area contributed by atoms with E-state index in [4.69, 9.17) is 4.74 Å². The van der Waals surface area contributed by atoms with Crippen molar-refractivity contribution in [3.8, 4) is 5.75 Å². The molecule has 0 radical (unpaired) electrons. The van der Waals surface area contributed by atoms with Crippen LogP contribution in [0.4, 0.5) is 0 Å². The monoisotopic (exact) mass is 391 g/mol. The minimum atomic E-state index is -0.0434. The van der Waals surface area contributed by atoms with Gasteiger partial charge in [0.2, 0.25) is 0 Å². The lowest BCUT2D eigenvalue weighted by atomic mass is 10.1. The number of H-pyrrole nitrogens is 1. The van der Waals surface area contributed by atoms with Gasteiger partial charge in [0.05, 0.1) is 7.11 Å². The summed E-state index contributed by atoms with van der Waals surface area (Å²) in [4.78, 5) is 32.2. The minimum absolute atomic E-state index is 0.0336. The fourth-order valence-corrected chi connectivity index (χ4v) is 3.75. The quantitative estimate of drug-likeness (QED) is 0.743. The molecule has 1 aliphatic heterocycles. The number of piperazine rings is 1. The second-order valence-electron chi connectivity index (χ2n) is 7.51. The molecule has 150 valence electrons. The first kappa shape index (κ1) is 19.2. The summed E-state index contributed by atoms with van der Waals surface area (Å²) in [5.74, 6) is 0.772. The first-order valence-electron chi connectivity index (χ1n) is 9.82. The van der Waals surface area contributed by atoms with Gasteiger partial charge in [-0.05, 0) is 54.8 Å². The highest BCUT2D eigenvalue weighted by Gasteiger charge is 2.22. The van der Waals surface area contributed by atoms with Crippen molar-refractivity contribution >= 4 is 16.8 Å². The average molecular weight is 391 g/mol. The number of aromatic amines is 1. The summed E-state index contributed by atoms with van der Waals surface area (Å²) in [7, 11) is 1.61. The van der Waals surface area contributed by atoms with E-state index in [1.807, 2.05) is 30.0 Å². The van der Waals surface area contributed by atoms with Crippen LogP contribution >= 0.6 is 0 Å². The van der Waals surface area contributed by atoms with Crippen LogP contribution in [0.1, 0.15) is 21.5 Å². The molecule has 1 aliphatic rings. The third kappa shape index (κ3) is 4.17. The van der Waals surface area contributed by atoms with E-state index in [2.05, 4.69) is 16.0 Å². The summed E-state index contributed by atoms with van der Waals surface area (Å²) in [6.45, 7) is 5.42. The maximum Gasteiger partial charge on any atom is 0.253 e. The van der Waals surface area contributed by atoms with Gasteiger partial charge >= 0.3 is 0 Å². The van der Waals surface area contributed by atoms with E-state index in [1.54, 1.807) is 31.4 Å². The number of nitrogens with zero attached hydrogens (tertiary/aromatic N) is 2. The molecular formula is C23H25N3O3. The maximum absolute atomic E-state index is 12.7. The van der Waals surface area contributed by atoms with Crippen LogP contribution in [0.3, 0.4) is 0 Å². The molecule has 1 fully saturated rings. The van der Waals surface area contributed by atoms with E-state index in [0.29, 0.717) is 25.2 Å². The molecule has 2 heterocycles. The largest absolute Gasteiger partial charge is 0.497 e. The highest BCUT2D eigenvalue weighted by molar-refractivity contribution is 5.94. The number of amides is 1. The molecular weight excluding hydrogens is 366 g/mol. The smallest absolute Gasteiger partial charge is 0.253 e. The molecule has 0 unspecified atom stereocenters. The molecule has 6 nitrogen and oxygen atoms in total. The summed E-state index contributed by atoms with van der Waals surface area (Å²) in [6.07, 6.45) is 0. The van der Waals surface area contributed by atoms with Crippen molar-refractivity contribution in [2.24, 2.45) is 0 Å². The van der Waals surface area contributed by atoms with Crippen molar-refractivity contribution in [2.45, 2.75) is 13.5 Å². The normalized spacial score (nSPS) is 14.9. The van der Waals surface area contributed by atoms with Gasteiger partial charge < -0.3 is 14.6 Å². The summed E-state index contributed by atoms with van der Waals surface area (Å²) in [5, 5.41) is 1.05. The number of rotatable bonds is 4. The van der Waals surface area contributed by atoms with E-state index in [9.17, 15) is 9.59 Å². The van der Waals surface area contributed by atoms with Crippen LogP contribution in [0.15, 0.2) is 53.3 Å². The van der Waals surface area contributed by atoms with Gasteiger partial charge in [0, 0.05) is 49.4 Å². The Morgan fingerprint density at radius 1 is 1.03 bits per heavy atom. The average Bonchev–Trinajstić information content (AvgIpc) is 2.75. The third-order valence-corrected chi connectivity index (χ3v) is 5.47. The van der Waals surface area contributed by atoms with Crippen molar-refractivity contribution in [3.05, 3.63) is 75.6 Å². The number of benzene rings is 2. The van der Waals surface area contributed by atoms with Crippen molar-refractivity contribution in [1.82, 2.24) is 14.8 Å². The molecule has 1 saturated heterocycles. The highest BCUT2D eigenvalue weighted by Crippen LogP contribution is 2.17. The summed E-state index contributed by atoms with van der Waals surface area (Å²) in [6, 6.07) is 15.2. The topological polar surface area (TPSA) is 65.6 Å². The van der Waals surface area contributed by atoms with Crippen LogP contribution in [0.2, 0.25) is 0 Å². The molecule has 4 rings (SSSR count). The second-order valence-corrected chi connectivity index (χ2v) is 7.51. The van der Waals surface area contributed by atoms with Crippen LogP contribution in [-0.2, 0) is 6.54 Å². The number of fused-ring (bicyclic) bond motifs is 1. The highest BCUT2D eigenvalue weighted by atomic mass is 16.5. The Labute approximate surface area is 169 Å². The van der Waals surface area contributed by atoms with Gasteiger partial charge in [-0.1, -0.05) is 11.6 Å². The Morgan fingerprint density at radius 3 is 2.45 bits per heavy atom. The molecule has 0 aliphatic carbocycles. The van der Waals surface area contributed by atoms with E-state index in [0.717, 1.165) is 35.3 Å². The lowest BCUT2D eigenvalue weighted by Gasteiger charge is -2.34. The van der Waals surface area contributed by atoms with Crippen molar-refractivity contribution in [2.75, 3.05) is 33.3 Å². The fourth-order valence-electron chi connectivity index (χ4n) is 3.75. The molecule has 0 atom stereocenters. The Kier molecular flexibility index (Phi) is 5.36. The predicted octanol–water partition coefficient (Wildman–Crippen LogP) is 2.80. The van der Waals surface area contributed by atoms with Gasteiger partial charge in [-0.2, -0.15) is 0 Å². The Hall–Kier alpha value is -3.12. The lowest BCUT2D eigenvalue weighted by Crippen LogP contribution is -2.48. The number of aryl methyl sites for hydroxylation is 1. The number of ether oxygens (including phenoxy) is 1.